The second-order valence-electron chi connectivity index (χ2n) is 9.39. The number of benzene rings is 3. The fourth-order valence-corrected chi connectivity index (χ4v) is 4.77. The number of para-hydroxylation sites is 1. The number of rotatable bonds is 14. The zero-order chi connectivity index (χ0) is 28.3. The minimum absolute atomic E-state index is 0.0841. The fourth-order valence-electron chi connectivity index (χ4n) is 4.77. The summed E-state index contributed by atoms with van der Waals surface area (Å²) in [6.45, 7) is 5.66. The molecule has 1 amide bonds. The molecular formula is C32H37N3O5. The van der Waals surface area contributed by atoms with Gasteiger partial charge in [0.25, 0.3) is 5.56 Å². The maximum absolute atomic E-state index is 13.9. The Morgan fingerprint density at radius 2 is 1.70 bits per heavy atom. The number of ether oxygens (including phenoxy) is 3. The number of hydrogen-bond donors (Lipinski definition) is 0. The summed E-state index contributed by atoms with van der Waals surface area (Å²) in [5, 5.41) is 0.512. The van der Waals surface area contributed by atoms with Crippen molar-refractivity contribution in [1.29, 1.82) is 0 Å². The lowest BCUT2D eigenvalue weighted by Crippen LogP contribution is -2.41. The van der Waals surface area contributed by atoms with E-state index in [4.69, 9.17) is 19.2 Å². The van der Waals surface area contributed by atoms with Gasteiger partial charge in [-0.3, -0.25) is 14.2 Å². The lowest BCUT2D eigenvalue weighted by Gasteiger charge is -2.32. The number of fused-ring (bicyclic) bond motifs is 1. The zero-order valence-corrected chi connectivity index (χ0v) is 23.4. The summed E-state index contributed by atoms with van der Waals surface area (Å²) in [7, 11) is 1.64. The Balaban J connectivity index is 1.74. The van der Waals surface area contributed by atoms with Crippen molar-refractivity contribution in [3.8, 4) is 11.4 Å². The Labute approximate surface area is 235 Å². The molecule has 1 aromatic heterocycles. The van der Waals surface area contributed by atoms with Crippen molar-refractivity contribution >= 4 is 16.8 Å². The van der Waals surface area contributed by atoms with Crippen LogP contribution in [0.4, 0.5) is 0 Å². The first-order chi connectivity index (χ1) is 19.6. The SMILES string of the molecule is CCOc1ccc(-n2c(C(CC)N(CCCOC)C(=O)COCc3ccccc3)nc3ccccc3c2=O)cc1. The largest absolute Gasteiger partial charge is 0.494 e. The van der Waals surface area contributed by atoms with Crippen LogP contribution in [0.1, 0.15) is 44.1 Å². The molecule has 1 atom stereocenters. The van der Waals surface area contributed by atoms with E-state index in [0.717, 1.165) is 5.56 Å². The quantitative estimate of drug-likeness (QED) is 0.200. The average Bonchev–Trinajstić information content (AvgIpc) is 2.98. The summed E-state index contributed by atoms with van der Waals surface area (Å²) in [5.41, 5.74) is 2.05. The molecule has 0 radical (unpaired) electrons. The van der Waals surface area contributed by atoms with Crippen molar-refractivity contribution in [3.05, 3.63) is 101 Å². The molecule has 4 aromatic rings. The van der Waals surface area contributed by atoms with E-state index in [0.29, 0.717) is 67.4 Å². The van der Waals surface area contributed by atoms with Gasteiger partial charge in [-0.05, 0) is 61.7 Å². The molecule has 210 valence electrons. The zero-order valence-electron chi connectivity index (χ0n) is 23.4. The first-order valence-corrected chi connectivity index (χ1v) is 13.7. The normalized spacial score (nSPS) is 11.9. The molecule has 0 aliphatic carbocycles. The maximum Gasteiger partial charge on any atom is 0.266 e. The van der Waals surface area contributed by atoms with Crippen molar-refractivity contribution in [2.45, 2.75) is 39.3 Å². The Bertz CT molecular complexity index is 1440. The molecule has 4 rings (SSSR count). The number of carbonyl (C=O) groups is 1. The Hall–Kier alpha value is -4.01. The van der Waals surface area contributed by atoms with Crippen LogP contribution < -0.4 is 10.3 Å². The van der Waals surface area contributed by atoms with E-state index in [-0.39, 0.29) is 18.1 Å². The van der Waals surface area contributed by atoms with Gasteiger partial charge in [0.05, 0.1) is 35.8 Å². The van der Waals surface area contributed by atoms with Crippen molar-refractivity contribution < 1.29 is 19.0 Å². The van der Waals surface area contributed by atoms with E-state index in [1.807, 2.05) is 86.6 Å². The van der Waals surface area contributed by atoms with Crippen LogP contribution >= 0.6 is 0 Å². The van der Waals surface area contributed by atoms with Crippen LogP contribution in [0.2, 0.25) is 0 Å². The predicted octanol–water partition coefficient (Wildman–Crippen LogP) is 5.32. The summed E-state index contributed by atoms with van der Waals surface area (Å²) >= 11 is 0. The summed E-state index contributed by atoms with van der Waals surface area (Å²) < 4.78 is 18.3. The van der Waals surface area contributed by atoms with Gasteiger partial charge in [-0.25, -0.2) is 4.98 Å². The van der Waals surface area contributed by atoms with Gasteiger partial charge in [-0.1, -0.05) is 49.4 Å². The summed E-state index contributed by atoms with van der Waals surface area (Å²) in [6.07, 6.45) is 1.19. The Morgan fingerprint density at radius 1 is 0.975 bits per heavy atom. The topological polar surface area (TPSA) is 82.9 Å². The third-order valence-electron chi connectivity index (χ3n) is 6.67. The van der Waals surface area contributed by atoms with Crippen LogP contribution in [0, 0.1) is 0 Å². The highest BCUT2D eigenvalue weighted by molar-refractivity contribution is 5.79. The minimum atomic E-state index is -0.464. The average molecular weight is 544 g/mol. The van der Waals surface area contributed by atoms with E-state index in [2.05, 4.69) is 0 Å². The van der Waals surface area contributed by atoms with Crippen molar-refractivity contribution in [2.24, 2.45) is 0 Å². The molecule has 0 fully saturated rings. The monoisotopic (exact) mass is 543 g/mol. The highest BCUT2D eigenvalue weighted by Crippen LogP contribution is 2.27. The van der Waals surface area contributed by atoms with Gasteiger partial charge in [-0.15, -0.1) is 0 Å². The number of nitrogens with zero attached hydrogens (tertiary/aromatic N) is 3. The molecule has 8 nitrogen and oxygen atoms in total. The van der Waals surface area contributed by atoms with Crippen molar-refractivity contribution in [1.82, 2.24) is 14.5 Å². The highest BCUT2D eigenvalue weighted by atomic mass is 16.5. The van der Waals surface area contributed by atoms with Gasteiger partial charge in [0.2, 0.25) is 5.91 Å². The fraction of sp³-hybridized carbons (Fsp3) is 0.344. The van der Waals surface area contributed by atoms with Crippen molar-refractivity contribution in [3.63, 3.8) is 0 Å². The number of amides is 1. The van der Waals surface area contributed by atoms with E-state index in [9.17, 15) is 9.59 Å². The molecule has 0 bridgehead atoms. The summed E-state index contributed by atoms with van der Waals surface area (Å²) in [4.78, 5) is 34.3. The molecule has 0 saturated heterocycles. The van der Waals surface area contributed by atoms with E-state index in [1.165, 1.54) is 0 Å². The second-order valence-corrected chi connectivity index (χ2v) is 9.39. The number of carbonyl (C=O) groups excluding carboxylic acids is 1. The Kier molecular flexibility index (Phi) is 10.4. The van der Waals surface area contributed by atoms with Crippen LogP contribution in [-0.4, -0.2) is 53.8 Å². The first-order valence-electron chi connectivity index (χ1n) is 13.7. The summed E-state index contributed by atoms with van der Waals surface area (Å²) in [6, 6.07) is 23.9. The third-order valence-corrected chi connectivity index (χ3v) is 6.67. The molecular weight excluding hydrogens is 506 g/mol. The van der Waals surface area contributed by atoms with Gasteiger partial charge in [0, 0.05) is 20.3 Å². The predicted molar refractivity (Wildman–Crippen MR) is 156 cm³/mol. The van der Waals surface area contributed by atoms with Gasteiger partial charge >= 0.3 is 0 Å². The smallest absolute Gasteiger partial charge is 0.266 e. The minimum Gasteiger partial charge on any atom is -0.494 e. The van der Waals surface area contributed by atoms with Crippen LogP contribution in [0.15, 0.2) is 83.7 Å². The molecule has 40 heavy (non-hydrogen) atoms. The summed E-state index contributed by atoms with van der Waals surface area (Å²) in [5.74, 6) is 1.05. The van der Waals surface area contributed by atoms with Crippen LogP contribution in [-0.2, 0) is 20.9 Å². The standard InChI is InChI=1S/C32H37N3O5/c1-4-29(34(20-11-21-38-3)30(36)23-39-22-24-12-7-6-8-13-24)31-33-28-15-10-9-14-27(28)32(37)35(31)25-16-18-26(19-17-25)40-5-2/h6-10,12-19,29H,4-5,11,20-23H2,1-3H3. The molecule has 0 spiro atoms. The molecule has 3 aromatic carbocycles. The number of aromatic nitrogens is 2. The van der Waals surface area contributed by atoms with Gasteiger partial charge in [0.15, 0.2) is 0 Å². The van der Waals surface area contributed by atoms with Gasteiger partial charge in [-0.2, -0.15) is 0 Å². The van der Waals surface area contributed by atoms with Gasteiger partial charge in [0.1, 0.15) is 18.2 Å². The highest BCUT2D eigenvalue weighted by Gasteiger charge is 2.29. The number of methoxy groups -OCH3 is 1. The molecule has 0 N–H and O–H groups in total. The van der Waals surface area contributed by atoms with E-state index >= 15 is 0 Å². The first kappa shape index (κ1) is 29.0. The lowest BCUT2D eigenvalue weighted by molar-refractivity contribution is -0.139. The maximum atomic E-state index is 13.9. The van der Waals surface area contributed by atoms with E-state index in [1.54, 1.807) is 22.6 Å². The van der Waals surface area contributed by atoms with Gasteiger partial charge < -0.3 is 19.1 Å². The molecule has 8 heteroatoms. The molecule has 0 aliphatic rings. The molecule has 0 aliphatic heterocycles. The second kappa shape index (κ2) is 14.4. The number of hydrogen-bond acceptors (Lipinski definition) is 6. The third kappa shape index (κ3) is 6.94. The van der Waals surface area contributed by atoms with Crippen LogP contribution in [0.25, 0.3) is 16.6 Å². The molecule has 1 heterocycles. The van der Waals surface area contributed by atoms with Crippen LogP contribution in [0.5, 0.6) is 5.75 Å². The van der Waals surface area contributed by atoms with E-state index < -0.39 is 6.04 Å². The Morgan fingerprint density at radius 3 is 2.40 bits per heavy atom. The molecule has 0 saturated carbocycles. The van der Waals surface area contributed by atoms with Crippen molar-refractivity contribution in [2.75, 3.05) is 33.5 Å². The lowest BCUT2D eigenvalue weighted by atomic mass is 10.1. The molecule has 1 unspecified atom stereocenters. The van der Waals surface area contributed by atoms with Crippen LogP contribution in [0.3, 0.4) is 0 Å².